The quantitative estimate of drug-likeness (QED) is 0.243. The number of carboxylic acids is 1. The average Bonchev–Trinajstić information content (AvgIpc) is 3.31. The second-order valence-electron chi connectivity index (χ2n) is 10.7. The van der Waals surface area contributed by atoms with Gasteiger partial charge in [0.2, 0.25) is 0 Å². The normalized spacial score (nSPS) is 16.8. The molecule has 2 aliphatic rings. The number of nitrogens with zero attached hydrogens (tertiary/aromatic N) is 2. The first-order valence-electron chi connectivity index (χ1n) is 14.1. The number of nitrogens with one attached hydrogen (secondary N) is 1. The Kier molecular flexibility index (Phi) is 7.80. The van der Waals surface area contributed by atoms with E-state index >= 15 is 0 Å². The first-order valence-corrected chi connectivity index (χ1v) is 14.5. The third kappa shape index (κ3) is 5.88. The molecule has 6 rings (SSSR count). The number of allylic oxidation sites excluding steroid dienone is 1. The van der Waals surface area contributed by atoms with E-state index in [0.29, 0.717) is 11.5 Å². The van der Waals surface area contributed by atoms with E-state index in [4.69, 9.17) is 16.3 Å². The summed E-state index contributed by atoms with van der Waals surface area (Å²) in [5, 5.41) is 11.6. The number of aromatic carboxylic acids is 1. The van der Waals surface area contributed by atoms with Gasteiger partial charge < -0.3 is 19.7 Å². The van der Waals surface area contributed by atoms with Crippen LogP contribution in [0.3, 0.4) is 0 Å². The maximum absolute atomic E-state index is 12.0. The number of piperazine rings is 1. The number of hydrogen-bond acceptors (Lipinski definition) is 4. The van der Waals surface area contributed by atoms with Crippen molar-refractivity contribution >= 4 is 39.7 Å². The van der Waals surface area contributed by atoms with Crippen LogP contribution >= 0.6 is 11.6 Å². The van der Waals surface area contributed by atoms with Crippen molar-refractivity contribution < 1.29 is 14.6 Å². The van der Waals surface area contributed by atoms with Gasteiger partial charge in [0.1, 0.15) is 17.1 Å². The van der Waals surface area contributed by atoms with Crippen molar-refractivity contribution in [1.29, 1.82) is 0 Å². The van der Waals surface area contributed by atoms with Crippen molar-refractivity contribution in [2.75, 3.05) is 37.6 Å². The molecular weight excluding hydrogens is 522 g/mol. The highest BCUT2D eigenvalue weighted by molar-refractivity contribution is 6.30. The molecule has 0 radical (unpaired) electrons. The fourth-order valence-electron chi connectivity index (χ4n) is 5.94. The van der Waals surface area contributed by atoms with Crippen LogP contribution in [-0.4, -0.2) is 53.7 Å². The third-order valence-corrected chi connectivity index (χ3v) is 8.38. The zero-order chi connectivity index (χ0) is 27.5. The number of halogens is 1. The third-order valence-electron chi connectivity index (χ3n) is 8.12. The molecule has 3 aromatic carbocycles. The number of aromatic amines is 1. The van der Waals surface area contributed by atoms with Gasteiger partial charge in [0.05, 0.1) is 0 Å². The van der Waals surface area contributed by atoms with Gasteiger partial charge in [-0.25, -0.2) is 4.79 Å². The van der Waals surface area contributed by atoms with Crippen LogP contribution in [0.5, 0.6) is 11.5 Å². The number of carboxylic acid groups (broad SMARTS) is 1. The zero-order valence-corrected chi connectivity index (χ0v) is 23.3. The highest BCUT2D eigenvalue weighted by Crippen LogP contribution is 2.34. The van der Waals surface area contributed by atoms with Crippen molar-refractivity contribution in [1.82, 2.24) is 9.88 Å². The van der Waals surface area contributed by atoms with Crippen LogP contribution < -0.4 is 9.64 Å². The van der Waals surface area contributed by atoms with Crippen LogP contribution in [0.4, 0.5) is 5.69 Å². The molecule has 0 bridgehead atoms. The zero-order valence-electron chi connectivity index (χ0n) is 22.5. The number of benzene rings is 3. The molecule has 40 heavy (non-hydrogen) atoms. The molecule has 2 N–H and O–H groups in total. The molecule has 1 fully saturated rings. The van der Waals surface area contributed by atoms with Gasteiger partial charge in [-0.3, -0.25) is 4.90 Å². The summed E-state index contributed by atoms with van der Waals surface area (Å²) in [6.07, 6.45) is 7.94. The van der Waals surface area contributed by atoms with Gasteiger partial charge in [-0.05, 0) is 85.4 Å². The highest BCUT2D eigenvalue weighted by atomic mass is 35.5. The average molecular weight is 556 g/mol. The summed E-state index contributed by atoms with van der Waals surface area (Å²) in [6, 6.07) is 21.4. The van der Waals surface area contributed by atoms with Crippen molar-refractivity contribution in [2.45, 2.75) is 32.1 Å². The van der Waals surface area contributed by atoms with E-state index in [9.17, 15) is 9.90 Å². The number of aromatic nitrogens is 1. The van der Waals surface area contributed by atoms with Crippen LogP contribution in [0.15, 0.2) is 78.5 Å². The summed E-state index contributed by atoms with van der Waals surface area (Å²) in [5.74, 6) is -0.0227. The molecule has 1 aromatic heterocycles. The molecule has 206 valence electrons. The minimum Gasteiger partial charge on any atom is -0.478 e. The van der Waals surface area contributed by atoms with Gasteiger partial charge in [-0.1, -0.05) is 35.7 Å². The van der Waals surface area contributed by atoms with Crippen LogP contribution in [0.25, 0.3) is 16.5 Å². The van der Waals surface area contributed by atoms with Gasteiger partial charge in [0.15, 0.2) is 0 Å². The molecule has 0 unspecified atom stereocenters. The molecular formula is C33H34ClN3O3. The maximum Gasteiger partial charge on any atom is 0.339 e. The van der Waals surface area contributed by atoms with E-state index in [1.807, 2.05) is 54.7 Å². The Balaban J connectivity index is 1.16. The minimum atomic E-state index is -0.998. The topological polar surface area (TPSA) is 68.8 Å². The van der Waals surface area contributed by atoms with Crippen LogP contribution in [0, 0.1) is 0 Å². The molecule has 2 heterocycles. The van der Waals surface area contributed by atoms with Gasteiger partial charge in [0, 0.05) is 66.6 Å². The lowest BCUT2D eigenvalue weighted by Gasteiger charge is -2.37. The molecule has 7 heteroatoms. The van der Waals surface area contributed by atoms with Crippen LogP contribution in [0.2, 0.25) is 5.02 Å². The molecule has 0 saturated carbocycles. The van der Waals surface area contributed by atoms with E-state index in [2.05, 4.69) is 26.9 Å². The van der Waals surface area contributed by atoms with Gasteiger partial charge in [0.25, 0.3) is 0 Å². The minimum absolute atomic E-state index is 0.159. The maximum atomic E-state index is 12.0. The molecule has 1 saturated heterocycles. The fourth-order valence-corrected chi connectivity index (χ4v) is 6.07. The summed E-state index contributed by atoms with van der Waals surface area (Å²) in [5.41, 5.74) is 6.53. The number of carbonyl (C=O) groups is 1. The standard InChI is InChI=1S/C33H34ClN3O3/c34-26-8-6-23(7-9-26)29-5-3-1-2-4-25(29)22-36-16-18-37(19-17-36)27-10-12-30(33(38)39)32(21-27)40-28-11-13-31-24(20-28)14-15-35-31/h6-15,20-21,35H,1-5,16-19,22H2,(H,38,39). The second-order valence-corrected chi connectivity index (χ2v) is 11.2. The Morgan fingerprint density at radius 2 is 1.70 bits per heavy atom. The number of fused-ring (bicyclic) bond motifs is 1. The Morgan fingerprint density at radius 1 is 0.900 bits per heavy atom. The Labute approximate surface area is 239 Å². The fraction of sp³-hybridized carbons (Fsp3) is 0.303. The number of hydrogen-bond donors (Lipinski definition) is 2. The van der Waals surface area contributed by atoms with E-state index in [0.717, 1.165) is 67.2 Å². The number of rotatable bonds is 7. The van der Waals surface area contributed by atoms with Gasteiger partial charge >= 0.3 is 5.97 Å². The predicted octanol–water partition coefficient (Wildman–Crippen LogP) is 7.85. The van der Waals surface area contributed by atoms with E-state index in [1.165, 1.54) is 30.4 Å². The Hall–Kier alpha value is -3.74. The first kappa shape index (κ1) is 26.5. The van der Waals surface area contributed by atoms with Crippen molar-refractivity contribution in [3.8, 4) is 11.5 Å². The predicted molar refractivity (Wildman–Crippen MR) is 162 cm³/mol. The summed E-state index contributed by atoms with van der Waals surface area (Å²) >= 11 is 6.16. The smallest absolute Gasteiger partial charge is 0.339 e. The Bertz CT molecular complexity index is 1530. The molecule has 4 aromatic rings. The number of ether oxygens (including phenoxy) is 1. The highest BCUT2D eigenvalue weighted by Gasteiger charge is 2.22. The second kappa shape index (κ2) is 11.8. The largest absolute Gasteiger partial charge is 0.478 e. The molecule has 0 amide bonds. The first-order chi connectivity index (χ1) is 19.5. The number of anilines is 1. The van der Waals surface area contributed by atoms with E-state index in [-0.39, 0.29) is 5.56 Å². The SMILES string of the molecule is O=C(O)c1ccc(N2CCN(CC3=C(c4ccc(Cl)cc4)CCCCC3)CC2)cc1Oc1ccc2[nH]ccc2c1. The lowest BCUT2D eigenvalue weighted by Crippen LogP contribution is -2.47. The molecule has 6 nitrogen and oxygen atoms in total. The van der Waals surface area contributed by atoms with Crippen LogP contribution in [-0.2, 0) is 0 Å². The lowest BCUT2D eigenvalue weighted by atomic mass is 9.95. The molecule has 1 aliphatic carbocycles. The summed E-state index contributed by atoms with van der Waals surface area (Å²) in [6.45, 7) is 4.67. The summed E-state index contributed by atoms with van der Waals surface area (Å²) in [4.78, 5) is 20.0. The van der Waals surface area contributed by atoms with Gasteiger partial charge in [-0.2, -0.15) is 0 Å². The summed E-state index contributed by atoms with van der Waals surface area (Å²) < 4.78 is 6.13. The van der Waals surface area contributed by atoms with Crippen LogP contribution in [0.1, 0.15) is 48.0 Å². The molecule has 1 aliphatic heterocycles. The molecule has 0 atom stereocenters. The number of H-pyrrole nitrogens is 1. The summed E-state index contributed by atoms with van der Waals surface area (Å²) in [7, 11) is 0. The Morgan fingerprint density at radius 3 is 2.50 bits per heavy atom. The van der Waals surface area contributed by atoms with Gasteiger partial charge in [-0.15, -0.1) is 0 Å². The van der Waals surface area contributed by atoms with Crippen molar-refractivity contribution in [2.24, 2.45) is 0 Å². The van der Waals surface area contributed by atoms with E-state index in [1.54, 1.807) is 11.6 Å². The lowest BCUT2D eigenvalue weighted by molar-refractivity contribution is 0.0694. The van der Waals surface area contributed by atoms with Crippen molar-refractivity contribution in [3.05, 3.63) is 94.6 Å². The monoisotopic (exact) mass is 555 g/mol. The molecule has 0 spiro atoms. The van der Waals surface area contributed by atoms with E-state index < -0.39 is 5.97 Å². The van der Waals surface area contributed by atoms with Crippen molar-refractivity contribution in [3.63, 3.8) is 0 Å².